The standard InChI is InChI=1S/C12H11Cl2NO/c1-8(9-5-3-2-4-6-9)15-7-10(13)11(14)12(15)16/h2-8,16H,1H3/t8-/m1/s1. The minimum atomic E-state index is -0.00815. The molecule has 1 atom stereocenters. The van der Waals surface area contributed by atoms with Crippen molar-refractivity contribution in [2.45, 2.75) is 13.0 Å². The predicted octanol–water partition coefficient (Wildman–Crippen LogP) is 4.11. The Bertz CT molecular complexity index is 493. The Morgan fingerprint density at radius 2 is 1.81 bits per heavy atom. The van der Waals surface area contributed by atoms with E-state index in [4.69, 9.17) is 23.2 Å². The van der Waals surface area contributed by atoms with Gasteiger partial charge in [0, 0.05) is 6.20 Å². The van der Waals surface area contributed by atoms with Gasteiger partial charge >= 0.3 is 0 Å². The Morgan fingerprint density at radius 3 is 2.31 bits per heavy atom. The van der Waals surface area contributed by atoms with Crippen LogP contribution in [-0.4, -0.2) is 9.67 Å². The van der Waals surface area contributed by atoms with Gasteiger partial charge in [0.2, 0.25) is 5.88 Å². The van der Waals surface area contributed by atoms with Gasteiger partial charge in [0.25, 0.3) is 0 Å². The van der Waals surface area contributed by atoms with E-state index in [1.807, 2.05) is 37.3 Å². The van der Waals surface area contributed by atoms with Crippen molar-refractivity contribution >= 4 is 23.2 Å². The SMILES string of the molecule is C[C@H](c1ccccc1)n1cc(Cl)c(Cl)c1O. The maximum Gasteiger partial charge on any atom is 0.212 e. The second-order valence-corrected chi connectivity index (χ2v) is 4.39. The van der Waals surface area contributed by atoms with Crippen LogP contribution in [0.1, 0.15) is 18.5 Å². The highest BCUT2D eigenvalue weighted by atomic mass is 35.5. The molecule has 1 heterocycles. The highest BCUT2D eigenvalue weighted by molar-refractivity contribution is 6.42. The number of benzene rings is 1. The molecule has 1 aromatic heterocycles. The lowest BCUT2D eigenvalue weighted by Gasteiger charge is -2.15. The monoisotopic (exact) mass is 255 g/mol. The van der Waals surface area contributed by atoms with Gasteiger partial charge in [-0.15, -0.1) is 0 Å². The zero-order chi connectivity index (χ0) is 11.7. The van der Waals surface area contributed by atoms with E-state index in [2.05, 4.69) is 0 Å². The van der Waals surface area contributed by atoms with Gasteiger partial charge in [-0.05, 0) is 12.5 Å². The molecule has 2 rings (SSSR count). The van der Waals surface area contributed by atoms with Gasteiger partial charge in [0.15, 0.2) is 0 Å². The van der Waals surface area contributed by atoms with Gasteiger partial charge in [-0.1, -0.05) is 53.5 Å². The summed E-state index contributed by atoms with van der Waals surface area (Å²) in [5.41, 5.74) is 1.08. The molecule has 0 fully saturated rings. The molecule has 0 bridgehead atoms. The molecule has 1 N–H and O–H groups in total. The smallest absolute Gasteiger partial charge is 0.212 e. The normalized spacial score (nSPS) is 12.7. The Balaban J connectivity index is 2.42. The van der Waals surface area contributed by atoms with E-state index < -0.39 is 0 Å². The van der Waals surface area contributed by atoms with Crippen LogP contribution in [0.25, 0.3) is 0 Å². The van der Waals surface area contributed by atoms with Crippen LogP contribution in [0, 0.1) is 0 Å². The second-order valence-electron chi connectivity index (χ2n) is 3.61. The molecular formula is C12H11Cl2NO. The van der Waals surface area contributed by atoms with Crippen molar-refractivity contribution in [3.63, 3.8) is 0 Å². The molecule has 0 unspecified atom stereocenters. The highest BCUT2D eigenvalue weighted by Crippen LogP contribution is 2.36. The summed E-state index contributed by atoms with van der Waals surface area (Å²) < 4.78 is 1.65. The number of aromatic hydroxyl groups is 1. The first-order valence-corrected chi connectivity index (χ1v) is 5.66. The molecule has 84 valence electrons. The number of hydrogen-bond acceptors (Lipinski definition) is 1. The lowest BCUT2D eigenvalue weighted by atomic mass is 10.1. The van der Waals surface area contributed by atoms with Gasteiger partial charge in [-0.3, -0.25) is 0 Å². The van der Waals surface area contributed by atoms with Crippen LogP contribution >= 0.6 is 23.2 Å². The molecule has 0 saturated carbocycles. The second kappa shape index (κ2) is 4.40. The fourth-order valence-corrected chi connectivity index (χ4v) is 1.98. The molecule has 0 aliphatic rings. The average Bonchev–Trinajstić information content (AvgIpc) is 2.57. The molecule has 2 nitrogen and oxygen atoms in total. The third-order valence-corrected chi connectivity index (χ3v) is 3.36. The molecule has 2 aromatic rings. The van der Waals surface area contributed by atoms with Crippen LogP contribution < -0.4 is 0 Å². The van der Waals surface area contributed by atoms with E-state index >= 15 is 0 Å². The van der Waals surface area contributed by atoms with Crippen LogP contribution in [0.4, 0.5) is 0 Å². The largest absolute Gasteiger partial charge is 0.493 e. The number of halogens is 2. The van der Waals surface area contributed by atoms with E-state index in [0.717, 1.165) is 5.56 Å². The molecule has 0 spiro atoms. The third kappa shape index (κ3) is 1.91. The van der Waals surface area contributed by atoms with Gasteiger partial charge in [0.05, 0.1) is 11.1 Å². The molecule has 0 aliphatic carbocycles. The van der Waals surface area contributed by atoms with Crippen molar-refractivity contribution in [1.29, 1.82) is 0 Å². The van der Waals surface area contributed by atoms with Crippen molar-refractivity contribution in [2.24, 2.45) is 0 Å². The van der Waals surface area contributed by atoms with Crippen molar-refractivity contribution < 1.29 is 5.11 Å². The van der Waals surface area contributed by atoms with Crippen LogP contribution in [0.3, 0.4) is 0 Å². The fourth-order valence-electron chi connectivity index (χ4n) is 1.65. The van der Waals surface area contributed by atoms with Gasteiger partial charge in [0.1, 0.15) is 5.02 Å². The molecule has 4 heteroatoms. The molecule has 0 amide bonds. The van der Waals surface area contributed by atoms with Crippen LogP contribution in [-0.2, 0) is 0 Å². The summed E-state index contributed by atoms with van der Waals surface area (Å²) >= 11 is 11.7. The Hall–Kier alpha value is -1.12. The number of nitrogens with zero attached hydrogens (tertiary/aromatic N) is 1. The summed E-state index contributed by atoms with van der Waals surface area (Å²) in [5.74, 6) is 0.00280. The fraction of sp³-hybridized carbons (Fsp3) is 0.167. The summed E-state index contributed by atoms with van der Waals surface area (Å²) in [7, 11) is 0. The first-order chi connectivity index (χ1) is 7.61. The number of rotatable bonds is 2. The first-order valence-electron chi connectivity index (χ1n) is 4.91. The molecule has 1 aromatic carbocycles. The molecule has 16 heavy (non-hydrogen) atoms. The quantitative estimate of drug-likeness (QED) is 0.859. The minimum Gasteiger partial charge on any atom is -0.493 e. The van der Waals surface area contributed by atoms with Gasteiger partial charge < -0.3 is 9.67 Å². The number of aromatic nitrogens is 1. The van der Waals surface area contributed by atoms with E-state index in [9.17, 15) is 5.11 Å². The van der Waals surface area contributed by atoms with E-state index in [1.165, 1.54) is 0 Å². The van der Waals surface area contributed by atoms with Crippen molar-refractivity contribution in [1.82, 2.24) is 4.57 Å². The Kier molecular flexibility index (Phi) is 3.13. The summed E-state index contributed by atoms with van der Waals surface area (Å²) in [4.78, 5) is 0. The average molecular weight is 256 g/mol. The lowest BCUT2D eigenvalue weighted by molar-refractivity contribution is 0.407. The van der Waals surface area contributed by atoms with Crippen molar-refractivity contribution in [3.8, 4) is 5.88 Å². The molecule has 0 radical (unpaired) electrons. The van der Waals surface area contributed by atoms with Crippen molar-refractivity contribution in [2.75, 3.05) is 0 Å². The number of hydrogen-bond donors (Lipinski definition) is 1. The lowest BCUT2D eigenvalue weighted by Crippen LogP contribution is -2.04. The van der Waals surface area contributed by atoms with Crippen LogP contribution in [0.15, 0.2) is 36.5 Å². The highest BCUT2D eigenvalue weighted by Gasteiger charge is 2.16. The maximum absolute atomic E-state index is 9.80. The van der Waals surface area contributed by atoms with E-state index in [-0.39, 0.29) is 16.9 Å². The first kappa shape index (κ1) is 11.4. The summed E-state index contributed by atoms with van der Waals surface area (Å²) in [6.07, 6.45) is 1.64. The summed E-state index contributed by atoms with van der Waals surface area (Å²) in [5, 5.41) is 10.4. The zero-order valence-electron chi connectivity index (χ0n) is 8.69. The molecular weight excluding hydrogens is 245 g/mol. The van der Waals surface area contributed by atoms with Gasteiger partial charge in [-0.2, -0.15) is 0 Å². The zero-order valence-corrected chi connectivity index (χ0v) is 10.2. The van der Waals surface area contributed by atoms with Crippen molar-refractivity contribution in [3.05, 3.63) is 52.1 Å². The Labute approximate surface area is 104 Å². The summed E-state index contributed by atoms with van der Waals surface area (Å²) in [6.45, 7) is 1.97. The van der Waals surface area contributed by atoms with Gasteiger partial charge in [-0.25, -0.2) is 0 Å². The van der Waals surface area contributed by atoms with Crippen LogP contribution in [0.2, 0.25) is 10.0 Å². The maximum atomic E-state index is 9.80. The molecule has 0 aliphatic heterocycles. The Morgan fingerprint density at radius 1 is 1.19 bits per heavy atom. The third-order valence-electron chi connectivity index (χ3n) is 2.60. The van der Waals surface area contributed by atoms with Crippen LogP contribution in [0.5, 0.6) is 5.88 Å². The topological polar surface area (TPSA) is 25.2 Å². The molecule has 0 saturated heterocycles. The summed E-state index contributed by atoms with van der Waals surface area (Å²) in [6, 6.07) is 9.83. The minimum absolute atomic E-state index is 0.00280. The predicted molar refractivity (Wildman–Crippen MR) is 66.4 cm³/mol. The van der Waals surface area contributed by atoms with E-state index in [1.54, 1.807) is 10.8 Å². The van der Waals surface area contributed by atoms with E-state index in [0.29, 0.717) is 5.02 Å².